The molecule has 12 rings (SSSR count). The maximum absolute atomic E-state index is 2.43. The third-order valence-electron chi connectivity index (χ3n) is 11.8. The normalized spacial score (nSPS) is 11.9. The van der Waals surface area contributed by atoms with Crippen molar-refractivity contribution in [3.05, 3.63) is 212 Å². The van der Waals surface area contributed by atoms with Crippen LogP contribution in [0.3, 0.4) is 0 Å². The van der Waals surface area contributed by atoms with Gasteiger partial charge in [0.15, 0.2) is 0 Å². The SMILES string of the molecule is c1ccc(-n2c3ccccc3c3cc(-c4cc(-c5ccc(-n6c7ccccc7c7ccccc76)cc5)cc(-n5c6ccccc6c6ccccc65)c4)ccc32)cc1. The molecular formula is C54H35N3. The Morgan fingerprint density at radius 2 is 0.544 bits per heavy atom. The Morgan fingerprint density at radius 3 is 1.04 bits per heavy atom. The number of hydrogen-bond donors (Lipinski definition) is 0. The van der Waals surface area contributed by atoms with Gasteiger partial charge in [0.05, 0.1) is 33.1 Å². The lowest BCUT2D eigenvalue weighted by Gasteiger charge is -2.15. The van der Waals surface area contributed by atoms with Gasteiger partial charge in [-0.2, -0.15) is 0 Å². The van der Waals surface area contributed by atoms with Gasteiger partial charge in [-0.25, -0.2) is 0 Å². The van der Waals surface area contributed by atoms with E-state index in [0.29, 0.717) is 0 Å². The van der Waals surface area contributed by atoms with Crippen LogP contribution in [0.4, 0.5) is 0 Å². The summed E-state index contributed by atoms with van der Waals surface area (Å²) in [6.45, 7) is 0. The molecular weight excluding hydrogens is 691 g/mol. The summed E-state index contributed by atoms with van der Waals surface area (Å²) in [4.78, 5) is 0. The summed E-state index contributed by atoms with van der Waals surface area (Å²) in [5.41, 5.74) is 15.4. The number of para-hydroxylation sites is 6. The molecule has 3 heteroatoms. The fraction of sp³-hybridized carbons (Fsp3) is 0. The molecule has 3 aromatic heterocycles. The molecule has 0 amide bonds. The summed E-state index contributed by atoms with van der Waals surface area (Å²) in [5.74, 6) is 0. The molecule has 57 heavy (non-hydrogen) atoms. The lowest BCUT2D eigenvalue weighted by molar-refractivity contribution is 1.18. The van der Waals surface area contributed by atoms with Gasteiger partial charge in [-0.15, -0.1) is 0 Å². The minimum absolute atomic E-state index is 1.14. The number of aromatic nitrogens is 3. The fourth-order valence-electron chi connectivity index (χ4n) is 9.29. The van der Waals surface area contributed by atoms with Gasteiger partial charge >= 0.3 is 0 Å². The van der Waals surface area contributed by atoms with Gasteiger partial charge in [0.2, 0.25) is 0 Å². The zero-order valence-corrected chi connectivity index (χ0v) is 31.0. The Hall–Kier alpha value is -7.62. The van der Waals surface area contributed by atoms with Crippen LogP contribution >= 0.6 is 0 Å². The molecule has 0 fully saturated rings. The second kappa shape index (κ2) is 12.5. The van der Waals surface area contributed by atoms with Crippen LogP contribution in [-0.2, 0) is 0 Å². The predicted molar refractivity (Wildman–Crippen MR) is 240 cm³/mol. The van der Waals surface area contributed by atoms with Gasteiger partial charge in [-0.3, -0.25) is 0 Å². The Bertz CT molecular complexity index is 3400. The van der Waals surface area contributed by atoms with E-state index in [2.05, 4.69) is 226 Å². The van der Waals surface area contributed by atoms with Gasteiger partial charge in [0.1, 0.15) is 0 Å². The third kappa shape index (κ3) is 4.86. The molecule has 0 atom stereocenters. The molecule has 0 aliphatic carbocycles. The summed E-state index contributed by atoms with van der Waals surface area (Å²) < 4.78 is 7.20. The third-order valence-corrected chi connectivity index (χ3v) is 11.8. The first-order chi connectivity index (χ1) is 28.3. The van der Waals surface area contributed by atoms with E-state index in [9.17, 15) is 0 Å². The van der Waals surface area contributed by atoms with Gasteiger partial charge in [0, 0.05) is 49.4 Å². The lowest BCUT2D eigenvalue weighted by atomic mass is 9.96. The molecule has 0 aliphatic heterocycles. The van der Waals surface area contributed by atoms with Gasteiger partial charge < -0.3 is 13.7 Å². The van der Waals surface area contributed by atoms with Crippen LogP contribution in [0.15, 0.2) is 212 Å². The average molecular weight is 726 g/mol. The van der Waals surface area contributed by atoms with E-state index >= 15 is 0 Å². The quantitative estimate of drug-likeness (QED) is 0.168. The maximum Gasteiger partial charge on any atom is 0.0541 e. The van der Waals surface area contributed by atoms with E-state index in [-0.39, 0.29) is 0 Å². The summed E-state index contributed by atoms with van der Waals surface area (Å²) in [6.07, 6.45) is 0. The van der Waals surface area contributed by atoms with Crippen molar-refractivity contribution in [3.8, 4) is 39.3 Å². The zero-order chi connectivity index (χ0) is 37.5. The largest absolute Gasteiger partial charge is 0.309 e. The molecule has 266 valence electrons. The van der Waals surface area contributed by atoms with Crippen molar-refractivity contribution in [1.82, 2.24) is 13.7 Å². The van der Waals surface area contributed by atoms with E-state index in [1.54, 1.807) is 0 Å². The molecule has 0 saturated heterocycles. The maximum atomic E-state index is 2.43. The van der Waals surface area contributed by atoms with Crippen LogP contribution in [0, 0.1) is 0 Å². The lowest BCUT2D eigenvalue weighted by Crippen LogP contribution is -1.97. The van der Waals surface area contributed by atoms with Crippen molar-refractivity contribution >= 4 is 65.4 Å². The smallest absolute Gasteiger partial charge is 0.0541 e. The summed E-state index contributed by atoms with van der Waals surface area (Å²) in [6, 6.07) is 77.5. The second-order valence-electron chi connectivity index (χ2n) is 15.0. The molecule has 0 saturated carbocycles. The highest BCUT2D eigenvalue weighted by molar-refractivity contribution is 6.12. The van der Waals surface area contributed by atoms with Gasteiger partial charge in [-0.1, -0.05) is 127 Å². The summed E-state index contributed by atoms with van der Waals surface area (Å²) >= 11 is 0. The molecule has 0 radical (unpaired) electrons. The molecule has 0 bridgehead atoms. The van der Waals surface area contributed by atoms with Crippen LogP contribution in [0.1, 0.15) is 0 Å². The number of benzene rings is 9. The Labute approximate surface area is 329 Å². The Morgan fingerprint density at radius 1 is 0.193 bits per heavy atom. The molecule has 0 spiro atoms. The van der Waals surface area contributed by atoms with Crippen molar-refractivity contribution in [3.63, 3.8) is 0 Å². The highest BCUT2D eigenvalue weighted by Crippen LogP contribution is 2.40. The van der Waals surface area contributed by atoms with Crippen LogP contribution in [0.5, 0.6) is 0 Å². The predicted octanol–water partition coefficient (Wildman–Crippen LogP) is 14.3. The molecule has 3 nitrogen and oxygen atoms in total. The van der Waals surface area contributed by atoms with Gasteiger partial charge in [-0.05, 0) is 107 Å². The Balaban J connectivity index is 1.07. The minimum Gasteiger partial charge on any atom is -0.309 e. The number of fused-ring (bicyclic) bond motifs is 9. The standard InChI is InChI=1S/C54H35N3/c1-2-14-40(15-3-1)55-53-25-13-8-20-47(53)48-35-37(28-31-54(48)55)39-32-38(33-42(34-39)57-51-23-11-6-18-45(51)46-19-7-12-24-52(46)57)36-26-29-41(30-27-36)56-49-21-9-4-16-43(49)44-17-5-10-22-50(44)56/h1-35H. The van der Waals surface area contributed by atoms with E-state index in [1.165, 1.54) is 87.7 Å². The first-order valence-corrected chi connectivity index (χ1v) is 19.6. The topological polar surface area (TPSA) is 14.8 Å². The minimum atomic E-state index is 1.14. The monoisotopic (exact) mass is 725 g/mol. The number of nitrogens with zero attached hydrogens (tertiary/aromatic N) is 3. The van der Waals surface area contributed by atoms with Crippen LogP contribution in [-0.4, -0.2) is 13.7 Å². The molecule has 0 N–H and O–H groups in total. The van der Waals surface area contributed by atoms with Crippen LogP contribution in [0.2, 0.25) is 0 Å². The summed E-state index contributed by atoms with van der Waals surface area (Å²) in [5, 5.41) is 7.54. The van der Waals surface area contributed by atoms with E-state index in [4.69, 9.17) is 0 Å². The van der Waals surface area contributed by atoms with Crippen molar-refractivity contribution in [1.29, 1.82) is 0 Å². The van der Waals surface area contributed by atoms with Crippen molar-refractivity contribution < 1.29 is 0 Å². The summed E-state index contributed by atoms with van der Waals surface area (Å²) in [7, 11) is 0. The van der Waals surface area contributed by atoms with Crippen LogP contribution in [0.25, 0.3) is 105 Å². The molecule has 9 aromatic carbocycles. The highest BCUT2D eigenvalue weighted by Gasteiger charge is 2.17. The van der Waals surface area contributed by atoms with Gasteiger partial charge in [0.25, 0.3) is 0 Å². The van der Waals surface area contributed by atoms with E-state index < -0.39 is 0 Å². The molecule has 0 aliphatic rings. The highest BCUT2D eigenvalue weighted by atomic mass is 15.0. The molecule has 3 heterocycles. The average Bonchev–Trinajstić information content (AvgIpc) is 3.92. The zero-order valence-electron chi connectivity index (χ0n) is 31.0. The second-order valence-corrected chi connectivity index (χ2v) is 15.0. The number of hydrogen-bond acceptors (Lipinski definition) is 0. The van der Waals surface area contributed by atoms with Crippen molar-refractivity contribution in [2.24, 2.45) is 0 Å². The molecule has 12 aromatic rings. The van der Waals surface area contributed by atoms with Crippen molar-refractivity contribution in [2.45, 2.75) is 0 Å². The van der Waals surface area contributed by atoms with Crippen LogP contribution < -0.4 is 0 Å². The Kier molecular flexibility index (Phi) is 6.93. The molecule has 0 unspecified atom stereocenters. The first-order valence-electron chi connectivity index (χ1n) is 19.6. The van der Waals surface area contributed by atoms with E-state index in [1.807, 2.05) is 0 Å². The fourth-order valence-corrected chi connectivity index (χ4v) is 9.29. The van der Waals surface area contributed by atoms with E-state index in [0.717, 1.165) is 17.1 Å². The van der Waals surface area contributed by atoms with Crippen molar-refractivity contribution in [2.75, 3.05) is 0 Å². The first kappa shape index (κ1) is 31.7. The number of rotatable bonds is 5.